The largest absolute Gasteiger partial charge is 0.489 e. The lowest BCUT2D eigenvalue weighted by Crippen LogP contribution is -2.32. The van der Waals surface area contributed by atoms with Gasteiger partial charge in [-0.25, -0.2) is 0 Å². The summed E-state index contributed by atoms with van der Waals surface area (Å²) in [5, 5.41) is 2.91. The van der Waals surface area contributed by atoms with Crippen LogP contribution >= 0.6 is 23.4 Å². The number of hydrogen-bond donors (Lipinski definition) is 1. The van der Waals surface area contributed by atoms with Gasteiger partial charge in [0.2, 0.25) is 0 Å². The molecule has 0 saturated carbocycles. The highest BCUT2D eigenvalue weighted by Crippen LogP contribution is 2.41. The van der Waals surface area contributed by atoms with Crippen molar-refractivity contribution in [3.8, 4) is 5.75 Å². The molecule has 2 atom stereocenters. The molecule has 0 bridgehead atoms. The molecule has 1 saturated heterocycles. The van der Waals surface area contributed by atoms with Gasteiger partial charge in [-0.1, -0.05) is 24.6 Å². The van der Waals surface area contributed by atoms with Crippen LogP contribution in [0.2, 0.25) is 5.02 Å². The Kier molecular flexibility index (Phi) is 6.29. The first-order valence-corrected chi connectivity index (χ1v) is 8.77. The normalized spacial score (nSPS) is 20.1. The summed E-state index contributed by atoms with van der Waals surface area (Å²) in [6.45, 7) is 3.68. The van der Waals surface area contributed by atoms with Gasteiger partial charge in [0.1, 0.15) is 17.4 Å². The molecular formula is C15H19ClF3NOS. The van der Waals surface area contributed by atoms with E-state index < -0.39 is 11.7 Å². The van der Waals surface area contributed by atoms with Crippen LogP contribution in [-0.2, 0) is 6.18 Å². The van der Waals surface area contributed by atoms with Crippen LogP contribution < -0.4 is 10.1 Å². The van der Waals surface area contributed by atoms with Crippen LogP contribution in [0.3, 0.4) is 0 Å². The van der Waals surface area contributed by atoms with E-state index in [9.17, 15) is 13.2 Å². The highest BCUT2D eigenvalue weighted by molar-refractivity contribution is 7.99. The lowest BCUT2D eigenvalue weighted by atomic mass is 10.0. The summed E-state index contributed by atoms with van der Waals surface area (Å²) in [4.78, 5) is 0. The first kappa shape index (κ1) is 17.8. The van der Waals surface area contributed by atoms with Gasteiger partial charge in [0.05, 0.1) is 5.02 Å². The van der Waals surface area contributed by atoms with Crippen molar-refractivity contribution < 1.29 is 17.9 Å². The minimum atomic E-state index is -4.52. The SMILES string of the molecule is CCSC[C@@H](Oc1cccc(Cl)c1C(F)(F)F)[C@H]1CCNC1. The van der Waals surface area contributed by atoms with Gasteiger partial charge in [0.15, 0.2) is 0 Å². The summed E-state index contributed by atoms with van der Waals surface area (Å²) >= 11 is 7.42. The maximum atomic E-state index is 13.2. The molecule has 0 spiro atoms. The first-order chi connectivity index (χ1) is 10.4. The molecule has 2 rings (SSSR count). The zero-order valence-corrected chi connectivity index (χ0v) is 13.8. The van der Waals surface area contributed by atoms with E-state index in [-0.39, 0.29) is 22.8 Å². The fourth-order valence-electron chi connectivity index (χ4n) is 2.54. The van der Waals surface area contributed by atoms with Crippen LogP contribution in [0.5, 0.6) is 5.75 Å². The quantitative estimate of drug-likeness (QED) is 0.815. The predicted octanol–water partition coefficient (Wildman–Crippen LogP) is 4.47. The second-order valence-corrected chi connectivity index (χ2v) is 6.91. The predicted molar refractivity (Wildman–Crippen MR) is 84.8 cm³/mol. The molecule has 1 fully saturated rings. The Morgan fingerprint density at radius 2 is 2.23 bits per heavy atom. The Hall–Kier alpha value is -0.590. The van der Waals surface area contributed by atoms with Crippen molar-refractivity contribution in [2.24, 2.45) is 5.92 Å². The topological polar surface area (TPSA) is 21.3 Å². The molecule has 0 aromatic heterocycles. The van der Waals surface area contributed by atoms with Gasteiger partial charge in [0, 0.05) is 18.2 Å². The summed E-state index contributed by atoms with van der Waals surface area (Å²) in [6, 6.07) is 4.08. The molecule has 0 unspecified atom stereocenters. The maximum absolute atomic E-state index is 13.2. The standard InChI is InChI=1S/C15H19ClF3NOS/c1-2-22-9-13(10-6-7-20-8-10)21-12-5-3-4-11(16)14(12)15(17,18)19/h3-5,10,13,20H,2,6-9H2,1H3/t10-,13+/m0/s1. The van der Waals surface area contributed by atoms with Crippen LogP contribution in [-0.4, -0.2) is 30.7 Å². The molecule has 0 amide bonds. The summed E-state index contributed by atoms with van der Waals surface area (Å²) in [7, 11) is 0. The van der Waals surface area contributed by atoms with Crippen molar-refractivity contribution in [1.29, 1.82) is 0 Å². The molecular weight excluding hydrogens is 335 g/mol. The highest BCUT2D eigenvalue weighted by atomic mass is 35.5. The van der Waals surface area contributed by atoms with E-state index in [1.54, 1.807) is 11.8 Å². The molecule has 124 valence electrons. The van der Waals surface area contributed by atoms with Gasteiger partial charge < -0.3 is 10.1 Å². The number of benzene rings is 1. The Bertz CT molecular complexity index is 492. The third-order valence-electron chi connectivity index (χ3n) is 3.65. The van der Waals surface area contributed by atoms with Crippen molar-refractivity contribution >= 4 is 23.4 Å². The average Bonchev–Trinajstić information content (AvgIpc) is 2.96. The van der Waals surface area contributed by atoms with Gasteiger partial charge in [0.25, 0.3) is 0 Å². The van der Waals surface area contributed by atoms with Gasteiger partial charge in [-0.15, -0.1) is 0 Å². The Morgan fingerprint density at radius 1 is 1.45 bits per heavy atom. The van der Waals surface area contributed by atoms with Crippen LogP contribution in [0.4, 0.5) is 13.2 Å². The summed E-state index contributed by atoms with van der Waals surface area (Å²) < 4.78 is 45.4. The zero-order valence-electron chi connectivity index (χ0n) is 12.3. The number of halogens is 4. The summed E-state index contributed by atoms with van der Waals surface area (Å²) in [5.74, 6) is 1.63. The van der Waals surface area contributed by atoms with E-state index in [4.69, 9.17) is 16.3 Å². The van der Waals surface area contributed by atoms with Crippen molar-refractivity contribution in [2.75, 3.05) is 24.6 Å². The monoisotopic (exact) mass is 353 g/mol. The van der Waals surface area contributed by atoms with E-state index >= 15 is 0 Å². The van der Waals surface area contributed by atoms with E-state index in [2.05, 4.69) is 5.32 Å². The number of thioether (sulfide) groups is 1. The minimum absolute atomic E-state index is 0.173. The van der Waals surface area contributed by atoms with E-state index in [0.717, 1.165) is 25.3 Å². The molecule has 1 aromatic carbocycles. The third kappa shape index (κ3) is 4.46. The van der Waals surface area contributed by atoms with Crippen LogP contribution in [0.15, 0.2) is 18.2 Å². The molecule has 7 heteroatoms. The highest BCUT2D eigenvalue weighted by Gasteiger charge is 2.38. The Morgan fingerprint density at radius 3 is 2.82 bits per heavy atom. The molecule has 1 aliphatic heterocycles. The molecule has 1 aromatic rings. The van der Waals surface area contributed by atoms with Gasteiger partial charge >= 0.3 is 6.18 Å². The van der Waals surface area contributed by atoms with Crippen molar-refractivity contribution in [3.05, 3.63) is 28.8 Å². The lowest BCUT2D eigenvalue weighted by Gasteiger charge is -2.26. The van der Waals surface area contributed by atoms with Gasteiger partial charge in [-0.2, -0.15) is 24.9 Å². The third-order valence-corrected chi connectivity index (χ3v) is 4.94. The second kappa shape index (κ2) is 7.79. The molecule has 22 heavy (non-hydrogen) atoms. The van der Waals surface area contributed by atoms with Crippen LogP contribution in [0.25, 0.3) is 0 Å². The molecule has 1 N–H and O–H groups in total. The number of rotatable bonds is 6. The maximum Gasteiger partial charge on any atom is 0.421 e. The Balaban J connectivity index is 2.23. The number of alkyl halides is 3. The average molecular weight is 354 g/mol. The van der Waals surface area contributed by atoms with Crippen LogP contribution in [0.1, 0.15) is 18.9 Å². The molecule has 1 heterocycles. The first-order valence-electron chi connectivity index (χ1n) is 7.24. The van der Waals surface area contributed by atoms with E-state index in [1.807, 2.05) is 6.92 Å². The lowest BCUT2D eigenvalue weighted by molar-refractivity contribution is -0.139. The Labute approximate surface area is 137 Å². The number of ether oxygens (including phenoxy) is 1. The minimum Gasteiger partial charge on any atom is -0.489 e. The molecule has 0 radical (unpaired) electrons. The number of hydrogen-bond acceptors (Lipinski definition) is 3. The van der Waals surface area contributed by atoms with Gasteiger partial charge in [-0.05, 0) is 30.9 Å². The molecule has 0 aliphatic carbocycles. The molecule has 2 nitrogen and oxygen atoms in total. The van der Waals surface area contributed by atoms with Crippen molar-refractivity contribution in [1.82, 2.24) is 5.32 Å². The summed E-state index contributed by atoms with van der Waals surface area (Å²) in [6.07, 6.45) is -3.86. The van der Waals surface area contributed by atoms with E-state index in [1.165, 1.54) is 18.2 Å². The smallest absolute Gasteiger partial charge is 0.421 e. The zero-order chi connectivity index (χ0) is 16.2. The van der Waals surface area contributed by atoms with Crippen molar-refractivity contribution in [3.63, 3.8) is 0 Å². The summed E-state index contributed by atoms with van der Waals surface area (Å²) in [5.41, 5.74) is -0.880. The van der Waals surface area contributed by atoms with Crippen molar-refractivity contribution in [2.45, 2.75) is 25.6 Å². The van der Waals surface area contributed by atoms with Crippen LogP contribution in [0, 0.1) is 5.92 Å². The number of nitrogens with one attached hydrogen (secondary N) is 1. The fraction of sp³-hybridized carbons (Fsp3) is 0.600. The molecule has 1 aliphatic rings. The second-order valence-electron chi connectivity index (χ2n) is 5.18. The van der Waals surface area contributed by atoms with Gasteiger partial charge in [-0.3, -0.25) is 0 Å². The fourth-order valence-corrected chi connectivity index (χ4v) is 3.62. The van der Waals surface area contributed by atoms with E-state index in [0.29, 0.717) is 5.75 Å².